The molecule has 0 atom stereocenters. The molecule has 46 valence electrons. The first-order valence-electron chi connectivity index (χ1n) is 2.42. The fourth-order valence-corrected chi connectivity index (χ4v) is 0.345. The summed E-state index contributed by atoms with van der Waals surface area (Å²) >= 11 is 0. The van der Waals surface area contributed by atoms with Crippen LogP contribution in [-0.2, 0) is 0 Å². The molecule has 0 aliphatic heterocycles. The van der Waals surface area contributed by atoms with Gasteiger partial charge in [-0.1, -0.05) is 0 Å². The minimum absolute atomic E-state index is 0.421. The number of hydrogen-bond acceptors (Lipinski definition) is 3. The summed E-state index contributed by atoms with van der Waals surface area (Å²) in [5, 5.41) is 9.53. The zero-order chi connectivity index (χ0) is 6.41. The molecule has 0 amide bonds. The highest BCUT2D eigenvalue weighted by atomic mass is 14.8. The largest absolute Gasteiger partial charge is 0.394 e. The summed E-state index contributed by atoms with van der Waals surface area (Å²) in [4.78, 5) is 0. The van der Waals surface area contributed by atoms with Gasteiger partial charge in [-0.05, 0) is 5.57 Å². The average molecular weight is 113 g/mol. The Hall–Kier alpha value is -0.830. The van der Waals surface area contributed by atoms with Gasteiger partial charge in [0.2, 0.25) is 0 Å². The van der Waals surface area contributed by atoms with E-state index in [-0.39, 0.29) is 0 Å². The van der Waals surface area contributed by atoms with Gasteiger partial charge in [0.05, 0.1) is 0 Å². The molecule has 0 aliphatic carbocycles. The van der Waals surface area contributed by atoms with E-state index < -0.39 is 0 Å². The summed E-state index contributed by atoms with van der Waals surface area (Å²) in [5.74, 6) is 0. The molecule has 0 heterocycles. The van der Waals surface area contributed by atoms with Gasteiger partial charge in [0, 0.05) is 26.0 Å². The van der Waals surface area contributed by atoms with E-state index in [0.717, 1.165) is 5.57 Å². The van der Waals surface area contributed by atoms with Gasteiger partial charge in [-0.3, -0.25) is 0 Å². The predicted molar refractivity (Wildman–Crippen MR) is 35.0 cm³/mol. The van der Waals surface area contributed by atoms with Gasteiger partial charge in [-0.2, -0.15) is 0 Å². The molecule has 0 radical (unpaired) electrons. The molecule has 0 fully saturated rings. The van der Waals surface area contributed by atoms with E-state index in [1.54, 1.807) is 13.2 Å². The van der Waals surface area contributed by atoms with Crippen LogP contribution in [0, 0.1) is 5.41 Å². The SMILES string of the molecule is CN/C=C(\C=N)CN. The summed E-state index contributed by atoms with van der Waals surface area (Å²) < 4.78 is 0. The Balaban J connectivity index is 3.66. The van der Waals surface area contributed by atoms with Crippen LogP contribution in [0.2, 0.25) is 0 Å². The third-order valence-corrected chi connectivity index (χ3v) is 0.751. The number of nitrogens with two attached hydrogens (primary N) is 1. The average Bonchev–Trinajstić information content (AvgIpc) is 1.83. The van der Waals surface area contributed by atoms with Crippen LogP contribution in [-0.4, -0.2) is 19.8 Å². The lowest BCUT2D eigenvalue weighted by Gasteiger charge is -1.92. The normalized spacial score (nSPS) is 11.0. The van der Waals surface area contributed by atoms with Crippen molar-refractivity contribution in [2.45, 2.75) is 0 Å². The second kappa shape index (κ2) is 4.33. The summed E-state index contributed by atoms with van der Waals surface area (Å²) in [6.07, 6.45) is 2.93. The highest BCUT2D eigenvalue weighted by molar-refractivity contribution is 5.75. The molecule has 8 heavy (non-hydrogen) atoms. The van der Waals surface area contributed by atoms with Crippen molar-refractivity contribution < 1.29 is 0 Å². The van der Waals surface area contributed by atoms with Crippen molar-refractivity contribution in [1.29, 1.82) is 5.41 Å². The van der Waals surface area contributed by atoms with Gasteiger partial charge in [0.1, 0.15) is 0 Å². The first-order valence-corrected chi connectivity index (χ1v) is 2.42. The molecule has 0 aromatic heterocycles. The van der Waals surface area contributed by atoms with Gasteiger partial charge in [-0.15, -0.1) is 0 Å². The quantitative estimate of drug-likeness (QED) is 0.440. The second-order valence-corrected chi connectivity index (χ2v) is 1.36. The lowest BCUT2D eigenvalue weighted by Crippen LogP contribution is -2.07. The molecular formula is C5H11N3. The zero-order valence-electron chi connectivity index (χ0n) is 4.94. The van der Waals surface area contributed by atoms with Crippen LogP contribution in [0.25, 0.3) is 0 Å². The van der Waals surface area contributed by atoms with E-state index in [4.69, 9.17) is 11.1 Å². The van der Waals surface area contributed by atoms with Gasteiger partial charge in [-0.25, -0.2) is 0 Å². The van der Waals surface area contributed by atoms with E-state index in [9.17, 15) is 0 Å². The minimum Gasteiger partial charge on any atom is -0.394 e. The molecule has 0 aromatic carbocycles. The summed E-state index contributed by atoms with van der Waals surface area (Å²) in [6.45, 7) is 0.421. The highest BCUT2D eigenvalue weighted by Gasteiger charge is 1.82. The molecule has 3 nitrogen and oxygen atoms in total. The maximum absolute atomic E-state index is 6.75. The molecule has 0 saturated heterocycles. The van der Waals surface area contributed by atoms with Crippen molar-refractivity contribution in [3.63, 3.8) is 0 Å². The summed E-state index contributed by atoms with van der Waals surface area (Å²) in [5.41, 5.74) is 6.01. The summed E-state index contributed by atoms with van der Waals surface area (Å²) in [6, 6.07) is 0. The monoisotopic (exact) mass is 113 g/mol. The Kier molecular flexibility index (Phi) is 3.88. The predicted octanol–water partition coefficient (Wildman–Crippen LogP) is -0.302. The van der Waals surface area contributed by atoms with E-state index in [1.807, 2.05) is 0 Å². The Labute approximate surface area is 49.1 Å². The van der Waals surface area contributed by atoms with Crippen LogP contribution in [0.5, 0.6) is 0 Å². The standard InChI is InChI=1S/C5H11N3/c1-8-4-5(2-6)3-7/h2,4,6,8H,3,7H2,1H3/b5-4+,6-2?. The van der Waals surface area contributed by atoms with Crippen LogP contribution >= 0.6 is 0 Å². The van der Waals surface area contributed by atoms with Crippen LogP contribution < -0.4 is 11.1 Å². The molecule has 4 N–H and O–H groups in total. The lowest BCUT2D eigenvalue weighted by molar-refractivity contribution is 1.06. The molecule has 0 saturated carbocycles. The Morgan fingerprint density at radius 1 is 1.88 bits per heavy atom. The maximum Gasteiger partial charge on any atom is 0.0237 e. The number of rotatable bonds is 3. The fourth-order valence-electron chi connectivity index (χ4n) is 0.345. The number of nitrogens with one attached hydrogen (secondary N) is 2. The lowest BCUT2D eigenvalue weighted by atomic mass is 10.3. The number of hydrogen-bond donors (Lipinski definition) is 3. The first-order chi connectivity index (χ1) is 3.85. The molecular weight excluding hydrogens is 102 g/mol. The Morgan fingerprint density at radius 2 is 2.50 bits per heavy atom. The van der Waals surface area contributed by atoms with Crippen LogP contribution in [0.1, 0.15) is 0 Å². The van der Waals surface area contributed by atoms with Gasteiger partial charge < -0.3 is 16.5 Å². The van der Waals surface area contributed by atoms with E-state index in [0.29, 0.717) is 6.54 Å². The zero-order valence-corrected chi connectivity index (χ0v) is 4.94. The highest BCUT2D eigenvalue weighted by Crippen LogP contribution is 1.78. The smallest absolute Gasteiger partial charge is 0.0237 e. The van der Waals surface area contributed by atoms with Crippen LogP contribution in [0.4, 0.5) is 0 Å². The van der Waals surface area contributed by atoms with Gasteiger partial charge in [0.25, 0.3) is 0 Å². The Morgan fingerprint density at radius 3 is 2.62 bits per heavy atom. The molecule has 0 aliphatic rings. The van der Waals surface area contributed by atoms with Crippen molar-refractivity contribution in [3.8, 4) is 0 Å². The van der Waals surface area contributed by atoms with Gasteiger partial charge >= 0.3 is 0 Å². The van der Waals surface area contributed by atoms with Crippen molar-refractivity contribution in [2.24, 2.45) is 5.73 Å². The Bertz CT molecular complexity index is 95.8. The first kappa shape index (κ1) is 7.17. The second-order valence-electron chi connectivity index (χ2n) is 1.36. The van der Waals surface area contributed by atoms with Crippen molar-refractivity contribution in [1.82, 2.24) is 5.32 Å². The van der Waals surface area contributed by atoms with Crippen molar-refractivity contribution in [3.05, 3.63) is 11.8 Å². The van der Waals surface area contributed by atoms with E-state index in [2.05, 4.69) is 5.32 Å². The topological polar surface area (TPSA) is 61.9 Å². The van der Waals surface area contributed by atoms with E-state index in [1.165, 1.54) is 6.21 Å². The van der Waals surface area contributed by atoms with E-state index >= 15 is 0 Å². The maximum atomic E-state index is 6.75. The molecule has 0 spiro atoms. The molecule has 0 aromatic rings. The molecule has 0 unspecified atom stereocenters. The molecule has 0 rings (SSSR count). The fraction of sp³-hybridized carbons (Fsp3) is 0.400. The van der Waals surface area contributed by atoms with Crippen molar-refractivity contribution in [2.75, 3.05) is 13.6 Å². The van der Waals surface area contributed by atoms with Crippen molar-refractivity contribution >= 4 is 6.21 Å². The van der Waals surface area contributed by atoms with Crippen LogP contribution in [0.15, 0.2) is 11.8 Å². The van der Waals surface area contributed by atoms with Crippen LogP contribution in [0.3, 0.4) is 0 Å². The molecule has 0 bridgehead atoms. The minimum atomic E-state index is 0.421. The molecule has 3 heteroatoms. The summed E-state index contributed by atoms with van der Waals surface area (Å²) in [7, 11) is 1.78. The van der Waals surface area contributed by atoms with Gasteiger partial charge in [0.15, 0.2) is 0 Å². The third kappa shape index (κ3) is 2.36. The third-order valence-electron chi connectivity index (χ3n) is 0.751.